The van der Waals surface area contributed by atoms with Gasteiger partial charge in [-0.25, -0.2) is 4.98 Å². The minimum Gasteiger partial charge on any atom is -0.496 e. The zero-order valence-electron chi connectivity index (χ0n) is 18.1. The number of fused-ring (bicyclic) bond motifs is 1. The Balaban J connectivity index is 1.29. The Labute approximate surface area is 195 Å². The van der Waals surface area contributed by atoms with Crippen LogP contribution in [0.5, 0.6) is 5.75 Å². The van der Waals surface area contributed by atoms with Crippen LogP contribution in [0.3, 0.4) is 0 Å². The fraction of sp³-hybridized carbons (Fsp3) is 0.292. The van der Waals surface area contributed by atoms with E-state index in [0.29, 0.717) is 24.5 Å². The molecular formula is C24H25N3O5S. The number of carbonyl (C=O) groups is 2. The van der Waals surface area contributed by atoms with Crippen LogP contribution in [-0.2, 0) is 35.6 Å². The molecule has 0 bridgehead atoms. The summed E-state index contributed by atoms with van der Waals surface area (Å²) < 4.78 is 5.36. The molecule has 1 aliphatic heterocycles. The minimum absolute atomic E-state index is 0.0859. The lowest BCUT2D eigenvalue weighted by Crippen LogP contribution is -2.49. The van der Waals surface area contributed by atoms with Gasteiger partial charge in [-0.05, 0) is 17.2 Å². The van der Waals surface area contributed by atoms with Crippen molar-refractivity contribution < 1.29 is 24.5 Å². The zero-order valence-corrected chi connectivity index (χ0v) is 18.9. The van der Waals surface area contributed by atoms with Gasteiger partial charge in [0.25, 0.3) is 11.8 Å². The molecule has 1 aromatic heterocycles. The van der Waals surface area contributed by atoms with E-state index in [-0.39, 0.29) is 6.54 Å². The Bertz CT molecular complexity index is 1120. The van der Waals surface area contributed by atoms with Crippen LogP contribution in [0.25, 0.3) is 0 Å². The number of nitrogens with zero attached hydrogens (tertiary/aromatic N) is 2. The van der Waals surface area contributed by atoms with Crippen LogP contribution in [0, 0.1) is 0 Å². The summed E-state index contributed by atoms with van der Waals surface area (Å²) >= 11 is 1.38. The van der Waals surface area contributed by atoms with Gasteiger partial charge in [0.2, 0.25) is 0 Å². The van der Waals surface area contributed by atoms with Gasteiger partial charge >= 0.3 is 0 Å². The Kier molecular flexibility index (Phi) is 7.02. The lowest BCUT2D eigenvalue weighted by molar-refractivity contribution is -0.153. The summed E-state index contributed by atoms with van der Waals surface area (Å²) in [6, 6.07) is 15.3. The normalized spacial score (nSPS) is 14.5. The second-order valence-electron chi connectivity index (χ2n) is 7.79. The molecule has 0 saturated heterocycles. The molecule has 4 rings (SSSR count). The van der Waals surface area contributed by atoms with E-state index in [9.17, 15) is 19.8 Å². The van der Waals surface area contributed by atoms with Crippen molar-refractivity contribution in [1.82, 2.24) is 15.2 Å². The van der Waals surface area contributed by atoms with E-state index in [1.165, 1.54) is 16.2 Å². The monoisotopic (exact) mass is 467 g/mol. The van der Waals surface area contributed by atoms with Crippen LogP contribution in [0.4, 0.5) is 0 Å². The lowest BCUT2D eigenvalue weighted by Gasteiger charge is -2.22. The molecule has 2 heterocycles. The molecule has 0 aliphatic carbocycles. The number of ether oxygens (including phenoxy) is 1. The van der Waals surface area contributed by atoms with E-state index in [1.54, 1.807) is 7.11 Å². The highest BCUT2D eigenvalue weighted by atomic mass is 32.1. The van der Waals surface area contributed by atoms with Gasteiger partial charge in [0.1, 0.15) is 10.8 Å². The van der Waals surface area contributed by atoms with E-state index in [4.69, 9.17) is 4.74 Å². The van der Waals surface area contributed by atoms with Gasteiger partial charge in [0, 0.05) is 30.5 Å². The number of aliphatic hydroxyl groups excluding tert-OH is 2. The maximum Gasteiger partial charge on any atom is 0.255 e. The summed E-state index contributed by atoms with van der Waals surface area (Å²) in [5.74, 6) is -0.723. The average Bonchev–Trinajstić information content (AvgIpc) is 3.48. The van der Waals surface area contributed by atoms with Crippen molar-refractivity contribution in [2.75, 3.05) is 7.11 Å². The molecule has 8 nitrogen and oxygen atoms in total. The topological polar surface area (TPSA) is 112 Å². The number of amides is 2. The van der Waals surface area contributed by atoms with Crippen molar-refractivity contribution in [3.63, 3.8) is 0 Å². The van der Waals surface area contributed by atoms with Gasteiger partial charge in [0.15, 0.2) is 12.2 Å². The smallest absolute Gasteiger partial charge is 0.255 e. The molecule has 0 spiro atoms. The van der Waals surface area contributed by atoms with Crippen molar-refractivity contribution in [3.8, 4) is 5.75 Å². The van der Waals surface area contributed by atoms with Crippen molar-refractivity contribution in [1.29, 1.82) is 0 Å². The molecule has 2 aromatic carbocycles. The third-order valence-electron chi connectivity index (χ3n) is 5.55. The Morgan fingerprint density at radius 3 is 2.45 bits per heavy atom. The number of aliphatic hydroxyl groups is 2. The molecule has 2 amide bonds. The van der Waals surface area contributed by atoms with Crippen LogP contribution < -0.4 is 10.1 Å². The summed E-state index contributed by atoms with van der Waals surface area (Å²) in [7, 11) is 1.62. The molecule has 33 heavy (non-hydrogen) atoms. The summed E-state index contributed by atoms with van der Waals surface area (Å²) in [5, 5.41) is 25.6. The highest BCUT2D eigenvalue weighted by Gasteiger charge is 2.35. The van der Waals surface area contributed by atoms with E-state index in [2.05, 4.69) is 10.3 Å². The lowest BCUT2D eigenvalue weighted by atomic mass is 10.1. The predicted molar refractivity (Wildman–Crippen MR) is 122 cm³/mol. The standard InChI is InChI=1S/C24H25N3O5S/c1-32-19-9-5-4-6-15(19)10-18-14-33-20(26-18)11-25-23(30)21(28)22(29)24(31)27-12-16-7-2-3-8-17(16)13-27/h2-9,14,21-22,28-29H,10-13H2,1H3,(H,25,30)/t21-,22-/m1/s1. The molecule has 2 atom stereocenters. The number of nitrogens with one attached hydrogen (secondary N) is 1. The largest absolute Gasteiger partial charge is 0.496 e. The molecule has 9 heteroatoms. The number of para-hydroxylation sites is 1. The average molecular weight is 468 g/mol. The number of thiazole rings is 1. The van der Waals surface area contributed by atoms with Crippen LogP contribution in [0.15, 0.2) is 53.9 Å². The number of hydrogen-bond donors (Lipinski definition) is 3. The van der Waals surface area contributed by atoms with Crippen molar-refractivity contribution in [2.24, 2.45) is 0 Å². The molecule has 0 unspecified atom stereocenters. The van der Waals surface area contributed by atoms with Crippen molar-refractivity contribution in [3.05, 3.63) is 81.3 Å². The number of benzene rings is 2. The minimum atomic E-state index is -1.87. The summed E-state index contributed by atoms with van der Waals surface area (Å²) in [6.07, 6.45) is -3.12. The number of hydrogen-bond acceptors (Lipinski definition) is 7. The third-order valence-corrected chi connectivity index (χ3v) is 6.45. The predicted octanol–water partition coefficient (Wildman–Crippen LogP) is 1.62. The first-order chi connectivity index (χ1) is 16.0. The fourth-order valence-electron chi connectivity index (χ4n) is 3.78. The second kappa shape index (κ2) is 10.1. The molecule has 0 fully saturated rings. The molecule has 0 radical (unpaired) electrons. The Hall–Kier alpha value is -3.27. The summed E-state index contributed by atoms with van der Waals surface area (Å²) in [4.78, 5) is 30.9. The fourth-order valence-corrected chi connectivity index (χ4v) is 4.51. The maximum atomic E-state index is 12.6. The molecule has 3 aromatic rings. The zero-order chi connectivity index (χ0) is 23.4. The SMILES string of the molecule is COc1ccccc1Cc1csc(CNC(=O)[C@H](O)[C@@H](O)C(=O)N2Cc3ccccc3C2)n1. The molecular weight excluding hydrogens is 442 g/mol. The van der Waals surface area contributed by atoms with Gasteiger partial charge in [0.05, 0.1) is 19.3 Å². The van der Waals surface area contributed by atoms with Crippen LogP contribution >= 0.6 is 11.3 Å². The van der Waals surface area contributed by atoms with Gasteiger partial charge in [-0.1, -0.05) is 42.5 Å². The second-order valence-corrected chi connectivity index (χ2v) is 8.73. The highest BCUT2D eigenvalue weighted by Crippen LogP contribution is 2.24. The van der Waals surface area contributed by atoms with E-state index in [1.807, 2.05) is 53.9 Å². The molecule has 0 saturated carbocycles. The third kappa shape index (κ3) is 5.22. The highest BCUT2D eigenvalue weighted by molar-refractivity contribution is 7.09. The van der Waals surface area contributed by atoms with E-state index >= 15 is 0 Å². The van der Waals surface area contributed by atoms with Crippen molar-refractivity contribution in [2.45, 2.75) is 38.3 Å². The van der Waals surface area contributed by atoms with E-state index < -0.39 is 24.0 Å². The van der Waals surface area contributed by atoms with Gasteiger partial charge in [-0.3, -0.25) is 9.59 Å². The molecule has 3 N–H and O–H groups in total. The van der Waals surface area contributed by atoms with E-state index in [0.717, 1.165) is 28.1 Å². The number of rotatable bonds is 8. The van der Waals surface area contributed by atoms with Crippen LogP contribution in [0.1, 0.15) is 27.4 Å². The first-order valence-corrected chi connectivity index (χ1v) is 11.4. The molecule has 172 valence electrons. The van der Waals surface area contributed by atoms with Gasteiger partial charge in [-0.2, -0.15) is 0 Å². The number of aromatic nitrogens is 1. The quantitative estimate of drug-likeness (QED) is 0.464. The van der Waals surface area contributed by atoms with Gasteiger partial charge in [-0.15, -0.1) is 11.3 Å². The maximum absolute atomic E-state index is 12.6. The van der Waals surface area contributed by atoms with Crippen LogP contribution in [0.2, 0.25) is 0 Å². The number of carbonyl (C=O) groups excluding carboxylic acids is 2. The first kappa shape index (κ1) is 22.9. The van der Waals surface area contributed by atoms with Gasteiger partial charge < -0.3 is 25.2 Å². The summed E-state index contributed by atoms with van der Waals surface area (Å²) in [6.45, 7) is 0.769. The Morgan fingerprint density at radius 1 is 1.09 bits per heavy atom. The summed E-state index contributed by atoms with van der Waals surface area (Å²) in [5.41, 5.74) is 3.81. The van der Waals surface area contributed by atoms with Crippen LogP contribution in [-0.4, -0.2) is 51.2 Å². The Morgan fingerprint density at radius 2 is 1.76 bits per heavy atom. The van der Waals surface area contributed by atoms with Crippen molar-refractivity contribution >= 4 is 23.2 Å². The molecule has 1 aliphatic rings. The number of methoxy groups -OCH3 is 1. The first-order valence-electron chi connectivity index (χ1n) is 10.5.